The monoisotopic (exact) mass is 256 g/mol. The Morgan fingerprint density at radius 3 is 2.94 bits per heavy atom. The van der Waals surface area contributed by atoms with Gasteiger partial charge in [-0.3, -0.25) is 4.90 Å². The summed E-state index contributed by atoms with van der Waals surface area (Å²) >= 11 is 5.95. The molecule has 0 saturated carbocycles. The Kier molecular flexibility index (Phi) is 4.02. The molecule has 2 unspecified atom stereocenters. The van der Waals surface area contributed by atoms with Crippen molar-refractivity contribution >= 4 is 11.6 Å². The molecule has 1 aromatic carbocycles. The van der Waals surface area contributed by atoms with Crippen LogP contribution in [0.15, 0.2) is 18.2 Å². The highest BCUT2D eigenvalue weighted by molar-refractivity contribution is 6.30. The average molecular weight is 257 g/mol. The van der Waals surface area contributed by atoms with Crippen LogP contribution in [-0.4, -0.2) is 24.5 Å². The fourth-order valence-electron chi connectivity index (χ4n) is 2.57. The molecule has 1 saturated heterocycles. The van der Waals surface area contributed by atoms with Gasteiger partial charge in [-0.25, -0.2) is 4.39 Å². The quantitative estimate of drug-likeness (QED) is 0.837. The van der Waals surface area contributed by atoms with Gasteiger partial charge in [0, 0.05) is 16.6 Å². The Balaban J connectivity index is 2.37. The number of halogens is 2. The van der Waals surface area contributed by atoms with Gasteiger partial charge in [-0.15, -0.1) is 0 Å². The largest absolute Gasteiger partial charge is 0.326 e. The Hall–Kier alpha value is -0.640. The molecule has 0 radical (unpaired) electrons. The van der Waals surface area contributed by atoms with Crippen molar-refractivity contribution in [1.29, 1.82) is 0 Å². The van der Waals surface area contributed by atoms with Crippen LogP contribution in [-0.2, 0) is 0 Å². The zero-order valence-corrected chi connectivity index (χ0v) is 10.8. The molecule has 1 aromatic rings. The number of nitrogens with two attached hydrogens (primary N) is 1. The molecular formula is C13H18ClFN2. The highest BCUT2D eigenvalue weighted by Gasteiger charge is 2.28. The van der Waals surface area contributed by atoms with E-state index in [1.54, 1.807) is 12.1 Å². The molecule has 94 valence electrons. The summed E-state index contributed by atoms with van der Waals surface area (Å²) in [6, 6.07) is 4.58. The smallest absolute Gasteiger partial charge is 0.128 e. The Labute approximate surface area is 107 Å². The third kappa shape index (κ3) is 2.79. The summed E-state index contributed by atoms with van der Waals surface area (Å²) in [7, 11) is 2.00. The van der Waals surface area contributed by atoms with Crippen molar-refractivity contribution in [2.24, 2.45) is 5.73 Å². The Bertz CT molecular complexity index is 385. The number of nitrogens with zero attached hydrogens (tertiary/aromatic N) is 1. The van der Waals surface area contributed by atoms with E-state index in [1.807, 2.05) is 7.05 Å². The molecule has 0 aromatic heterocycles. The van der Waals surface area contributed by atoms with Crippen LogP contribution in [0.4, 0.5) is 4.39 Å². The summed E-state index contributed by atoms with van der Waals surface area (Å²) in [6.45, 7) is 0.949. The first-order valence-corrected chi connectivity index (χ1v) is 6.38. The van der Waals surface area contributed by atoms with E-state index < -0.39 is 0 Å². The van der Waals surface area contributed by atoms with Crippen molar-refractivity contribution in [3.05, 3.63) is 34.6 Å². The van der Waals surface area contributed by atoms with Crippen molar-refractivity contribution in [2.75, 3.05) is 13.6 Å². The second-order valence-corrected chi connectivity index (χ2v) is 5.19. The van der Waals surface area contributed by atoms with Crippen molar-refractivity contribution < 1.29 is 4.39 Å². The molecule has 2 atom stereocenters. The molecule has 1 aliphatic heterocycles. The summed E-state index contributed by atoms with van der Waals surface area (Å²) < 4.78 is 13.9. The lowest BCUT2D eigenvalue weighted by Crippen LogP contribution is -2.38. The second kappa shape index (κ2) is 5.34. The van der Waals surface area contributed by atoms with Gasteiger partial charge in [0.2, 0.25) is 0 Å². The number of rotatable bonds is 1. The van der Waals surface area contributed by atoms with E-state index in [2.05, 4.69) is 4.90 Å². The normalized spacial score (nSPS) is 26.8. The first kappa shape index (κ1) is 12.8. The lowest BCUT2D eigenvalue weighted by Gasteiger charge is -2.30. The van der Waals surface area contributed by atoms with Gasteiger partial charge >= 0.3 is 0 Å². The van der Waals surface area contributed by atoms with E-state index in [-0.39, 0.29) is 17.9 Å². The number of hydrogen-bond donors (Lipinski definition) is 1. The van der Waals surface area contributed by atoms with Crippen LogP contribution < -0.4 is 5.73 Å². The first-order chi connectivity index (χ1) is 8.09. The van der Waals surface area contributed by atoms with Gasteiger partial charge in [-0.05, 0) is 44.6 Å². The first-order valence-electron chi connectivity index (χ1n) is 6.00. The lowest BCUT2D eigenvalue weighted by molar-refractivity contribution is 0.225. The van der Waals surface area contributed by atoms with E-state index in [1.165, 1.54) is 6.07 Å². The standard InChI is InChI=1S/C13H18ClFN2/c1-17-7-3-2-4-12(16)13(17)10-8-9(14)5-6-11(10)15/h5-6,8,12-13H,2-4,7,16H2,1H3. The molecule has 0 amide bonds. The molecule has 2 nitrogen and oxygen atoms in total. The van der Waals surface area contributed by atoms with Gasteiger partial charge in [0.05, 0.1) is 6.04 Å². The molecule has 17 heavy (non-hydrogen) atoms. The minimum Gasteiger partial charge on any atom is -0.326 e. The van der Waals surface area contributed by atoms with E-state index in [0.717, 1.165) is 25.8 Å². The minimum absolute atomic E-state index is 0.0320. The molecule has 4 heteroatoms. The van der Waals surface area contributed by atoms with Crippen LogP contribution >= 0.6 is 11.6 Å². The Morgan fingerprint density at radius 1 is 1.41 bits per heavy atom. The molecule has 0 bridgehead atoms. The number of likely N-dealkylation sites (tertiary alicyclic amines) is 1. The van der Waals surface area contributed by atoms with Crippen LogP contribution in [0.5, 0.6) is 0 Å². The molecule has 1 aliphatic rings. The summed E-state index contributed by atoms with van der Waals surface area (Å²) in [5.74, 6) is -0.219. The van der Waals surface area contributed by atoms with E-state index >= 15 is 0 Å². The maximum atomic E-state index is 13.9. The predicted octanol–water partition coefficient (Wildman–Crippen LogP) is 2.96. The predicted molar refractivity (Wildman–Crippen MR) is 68.6 cm³/mol. The molecule has 2 N–H and O–H groups in total. The van der Waals surface area contributed by atoms with E-state index in [0.29, 0.717) is 10.6 Å². The third-order valence-electron chi connectivity index (χ3n) is 3.46. The van der Waals surface area contributed by atoms with Crippen molar-refractivity contribution in [3.63, 3.8) is 0 Å². The van der Waals surface area contributed by atoms with Gasteiger partial charge in [-0.2, -0.15) is 0 Å². The van der Waals surface area contributed by atoms with Gasteiger partial charge in [-0.1, -0.05) is 18.0 Å². The molecule has 0 spiro atoms. The topological polar surface area (TPSA) is 29.3 Å². The third-order valence-corrected chi connectivity index (χ3v) is 3.69. The number of benzene rings is 1. The van der Waals surface area contributed by atoms with Crippen molar-refractivity contribution in [3.8, 4) is 0 Å². The molecule has 0 aliphatic carbocycles. The maximum absolute atomic E-state index is 13.9. The lowest BCUT2D eigenvalue weighted by atomic mass is 9.96. The summed E-state index contributed by atoms with van der Waals surface area (Å²) in [5.41, 5.74) is 6.79. The fraction of sp³-hybridized carbons (Fsp3) is 0.538. The van der Waals surface area contributed by atoms with Crippen molar-refractivity contribution in [2.45, 2.75) is 31.3 Å². The molecular weight excluding hydrogens is 239 g/mol. The average Bonchev–Trinajstić information content (AvgIpc) is 2.44. The van der Waals surface area contributed by atoms with Crippen LogP contribution in [0.2, 0.25) is 5.02 Å². The summed E-state index contributed by atoms with van der Waals surface area (Å²) in [5, 5.41) is 0.561. The molecule has 1 fully saturated rings. The van der Waals surface area contributed by atoms with E-state index in [4.69, 9.17) is 17.3 Å². The van der Waals surface area contributed by atoms with Crippen LogP contribution in [0.1, 0.15) is 30.9 Å². The zero-order chi connectivity index (χ0) is 12.4. The molecule has 2 rings (SSSR count). The van der Waals surface area contributed by atoms with Crippen LogP contribution in [0, 0.1) is 5.82 Å². The van der Waals surface area contributed by atoms with Crippen molar-refractivity contribution in [1.82, 2.24) is 4.90 Å². The van der Waals surface area contributed by atoms with Gasteiger partial charge in [0.1, 0.15) is 5.82 Å². The summed E-state index contributed by atoms with van der Waals surface area (Å²) in [4.78, 5) is 2.13. The highest BCUT2D eigenvalue weighted by atomic mass is 35.5. The second-order valence-electron chi connectivity index (χ2n) is 4.75. The number of likely N-dealkylation sites (N-methyl/N-ethyl adjacent to an activating group) is 1. The van der Waals surface area contributed by atoms with Gasteiger partial charge in [0.25, 0.3) is 0 Å². The van der Waals surface area contributed by atoms with Gasteiger partial charge < -0.3 is 5.73 Å². The van der Waals surface area contributed by atoms with Crippen LogP contribution in [0.25, 0.3) is 0 Å². The SMILES string of the molecule is CN1CCCCC(N)C1c1cc(Cl)ccc1F. The highest BCUT2D eigenvalue weighted by Crippen LogP contribution is 2.31. The number of hydrogen-bond acceptors (Lipinski definition) is 2. The molecule has 1 heterocycles. The Morgan fingerprint density at radius 2 is 2.18 bits per heavy atom. The van der Waals surface area contributed by atoms with E-state index in [9.17, 15) is 4.39 Å². The minimum atomic E-state index is -0.219. The maximum Gasteiger partial charge on any atom is 0.128 e. The fourth-order valence-corrected chi connectivity index (χ4v) is 2.75. The van der Waals surface area contributed by atoms with Gasteiger partial charge in [0.15, 0.2) is 0 Å². The van der Waals surface area contributed by atoms with Crippen LogP contribution in [0.3, 0.4) is 0 Å². The zero-order valence-electron chi connectivity index (χ0n) is 10.00. The summed E-state index contributed by atoms with van der Waals surface area (Å²) in [6.07, 6.45) is 3.15.